The predicted octanol–water partition coefficient (Wildman–Crippen LogP) is 3.71. The van der Waals surface area contributed by atoms with Gasteiger partial charge in [-0.05, 0) is 49.2 Å². The molecule has 0 fully saturated rings. The molecule has 0 bridgehead atoms. The third kappa shape index (κ3) is 5.01. The molecule has 3 rings (SSSR count). The van der Waals surface area contributed by atoms with Crippen LogP contribution in [-0.2, 0) is 11.3 Å². The second-order valence-electron chi connectivity index (χ2n) is 5.87. The van der Waals surface area contributed by atoms with E-state index in [9.17, 15) is 4.79 Å². The zero-order valence-electron chi connectivity index (χ0n) is 15.3. The maximum atomic E-state index is 11.7. The summed E-state index contributed by atoms with van der Waals surface area (Å²) in [5.74, 6) is 0.656. The molecule has 138 valence electrons. The number of nitrogens with one attached hydrogen (secondary N) is 2. The van der Waals surface area contributed by atoms with Gasteiger partial charge in [-0.2, -0.15) is 10.1 Å². The van der Waals surface area contributed by atoms with Crippen LogP contribution in [0, 0.1) is 6.92 Å². The second-order valence-corrected chi connectivity index (χ2v) is 5.87. The summed E-state index contributed by atoms with van der Waals surface area (Å²) in [4.78, 5) is 16.1. The van der Waals surface area contributed by atoms with E-state index in [2.05, 4.69) is 44.9 Å². The molecule has 0 spiro atoms. The summed E-state index contributed by atoms with van der Waals surface area (Å²) < 4.78 is 4.98. The minimum absolute atomic E-state index is 0.338. The van der Waals surface area contributed by atoms with Gasteiger partial charge < -0.3 is 15.4 Å². The summed E-state index contributed by atoms with van der Waals surface area (Å²) in [5.41, 5.74) is 3.67. The summed E-state index contributed by atoms with van der Waals surface area (Å²) in [7, 11) is 0. The Morgan fingerprint density at radius 2 is 1.89 bits per heavy atom. The Hall–Kier alpha value is -3.48. The highest BCUT2D eigenvalue weighted by atomic mass is 16.5. The van der Waals surface area contributed by atoms with Crippen LogP contribution in [0.15, 0.2) is 54.7 Å². The standard InChI is InChI=1S/C20H21N5O2/c1-3-27-19(26)15-8-10-17(11-9-15)23-18-13-22-25-20(24-18)21-12-16-7-5-4-6-14(16)2/h4-11,13H,3,12H2,1-2H3,(H2,21,23,24,25). The molecule has 0 aliphatic rings. The molecule has 0 atom stereocenters. The molecule has 1 heterocycles. The minimum Gasteiger partial charge on any atom is -0.462 e. The van der Waals surface area contributed by atoms with E-state index in [0.29, 0.717) is 30.5 Å². The fraction of sp³-hybridized carbons (Fsp3) is 0.200. The normalized spacial score (nSPS) is 10.3. The van der Waals surface area contributed by atoms with Crippen molar-refractivity contribution in [2.45, 2.75) is 20.4 Å². The van der Waals surface area contributed by atoms with Gasteiger partial charge in [-0.3, -0.25) is 0 Å². The van der Waals surface area contributed by atoms with Crippen molar-refractivity contribution < 1.29 is 9.53 Å². The van der Waals surface area contributed by atoms with E-state index in [4.69, 9.17) is 4.74 Å². The molecule has 0 saturated heterocycles. The van der Waals surface area contributed by atoms with Gasteiger partial charge in [-0.15, -0.1) is 5.10 Å². The monoisotopic (exact) mass is 363 g/mol. The summed E-state index contributed by atoms with van der Waals surface area (Å²) in [6.07, 6.45) is 1.54. The van der Waals surface area contributed by atoms with Gasteiger partial charge in [0.15, 0.2) is 5.82 Å². The van der Waals surface area contributed by atoms with Crippen molar-refractivity contribution in [3.8, 4) is 0 Å². The Bertz CT molecular complexity index is 912. The van der Waals surface area contributed by atoms with Gasteiger partial charge in [0.05, 0.1) is 18.4 Å². The van der Waals surface area contributed by atoms with Crippen molar-refractivity contribution in [3.63, 3.8) is 0 Å². The number of ether oxygens (including phenoxy) is 1. The van der Waals surface area contributed by atoms with Crippen LogP contribution in [0.4, 0.5) is 17.5 Å². The molecule has 3 aromatic rings. The van der Waals surface area contributed by atoms with Crippen LogP contribution < -0.4 is 10.6 Å². The molecule has 27 heavy (non-hydrogen) atoms. The molecular formula is C20H21N5O2. The topological polar surface area (TPSA) is 89.0 Å². The molecule has 0 radical (unpaired) electrons. The van der Waals surface area contributed by atoms with Crippen molar-refractivity contribution in [1.82, 2.24) is 15.2 Å². The molecule has 1 aromatic heterocycles. The molecule has 0 amide bonds. The number of carbonyl (C=O) groups excluding carboxylic acids is 1. The fourth-order valence-electron chi connectivity index (χ4n) is 2.47. The van der Waals surface area contributed by atoms with E-state index >= 15 is 0 Å². The zero-order chi connectivity index (χ0) is 19.1. The lowest BCUT2D eigenvalue weighted by Gasteiger charge is -2.09. The third-order valence-corrected chi connectivity index (χ3v) is 3.93. The Balaban J connectivity index is 1.63. The van der Waals surface area contributed by atoms with Gasteiger partial charge in [0, 0.05) is 12.2 Å². The van der Waals surface area contributed by atoms with E-state index in [-0.39, 0.29) is 5.97 Å². The van der Waals surface area contributed by atoms with Gasteiger partial charge in [0.1, 0.15) is 0 Å². The fourth-order valence-corrected chi connectivity index (χ4v) is 2.47. The van der Waals surface area contributed by atoms with E-state index in [1.54, 1.807) is 31.2 Å². The highest BCUT2D eigenvalue weighted by Crippen LogP contribution is 2.16. The molecule has 0 aliphatic carbocycles. The molecular weight excluding hydrogens is 342 g/mol. The molecule has 7 heteroatoms. The highest BCUT2D eigenvalue weighted by molar-refractivity contribution is 5.89. The first-order chi connectivity index (χ1) is 13.2. The van der Waals surface area contributed by atoms with Crippen LogP contribution in [0.5, 0.6) is 0 Å². The summed E-state index contributed by atoms with van der Waals surface area (Å²) in [6.45, 7) is 4.81. The molecule has 0 aliphatic heterocycles. The van der Waals surface area contributed by atoms with Crippen molar-refractivity contribution in [1.29, 1.82) is 0 Å². The zero-order valence-corrected chi connectivity index (χ0v) is 15.3. The van der Waals surface area contributed by atoms with Crippen molar-refractivity contribution in [3.05, 3.63) is 71.4 Å². The lowest BCUT2D eigenvalue weighted by atomic mass is 10.1. The number of hydrogen-bond acceptors (Lipinski definition) is 7. The van der Waals surface area contributed by atoms with E-state index in [1.165, 1.54) is 17.3 Å². The summed E-state index contributed by atoms with van der Waals surface area (Å²) >= 11 is 0. The summed E-state index contributed by atoms with van der Waals surface area (Å²) in [6, 6.07) is 15.1. The third-order valence-electron chi connectivity index (χ3n) is 3.93. The first kappa shape index (κ1) is 18.3. The van der Waals surface area contributed by atoms with Gasteiger partial charge in [-0.25, -0.2) is 4.79 Å². The summed E-state index contributed by atoms with van der Waals surface area (Å²) in [5, 5.41) is 14.3. The number of anilines is 3. The minimum atomic E-state index is -0.338. The lowest BCUT2D eigenvalue weighted by Crippen LogP contribution is -2.07. The van der Waals surface area contributed by atoms with Crippen LogP contribution in [0.1, 0.15) is 28.4 Å². The van der Waals surface area contributed by atoms with Crippen LogP contribution in [0.25, 0.3) is 0 Å². The SMILES string of the molecule is CCOC(=O)c1ccc(Nc2cnnc(NCc3ccccc3C)n2)cc1. The van der Waals surface area contributed by atoms with Crippen LogP contribution in [-0.4, -0.2) is 27.8 Å². The quantitative estimate of drug-likeness (QED) is 0.619. The maximum Gasteiger partial charge on any atom is 0.338 e. The molecule has 0 saturated carbocycles. The van der Waals surface area contributed by atoms with Gasteiger partial charge >= 0.3 is 5.97 Å². The van der Waals surface area contributed by atoms with Crippen molar-refractivity contribution in [2.75, 3.05) is 17.2 Å². The molecule has 0 unspecified atom stereocenters. The highest BCUT2D eigenvalue weighted by Gasteiger charge is 2.07. The lowest BCUT2D eigenvalue weighted by molar-refractivity contribution is 0.0526. The molecule has 2 N–H and O–H groups in total. The molecule has 2 aromatic carbocycles. The van der Waals surface area contributed by atoms with Crippen molar-refractivity contribution in [2.24, 2.45) is 0 Å². The van der Waals surface area contributed by atoms with Crippen LogP contribution in [0.3, 0.4) is 0 Å². The average molecular weight is 363 g/mol. The van der Waals surface area contributed by atoms with Gasteiger partial charge in [0.25, 0.3) is 0 Å². The Morgan fingerprint density at radius 3 is 2.63 bits per heavy atom. The largest absolute Gasteiger partial charge is 0.462 e. The number of nitrogens with zero attached hydrogens (tertiary/aromatic N) is 3. The van der Waals surface area contributed by atoms with Gasteiger partial charge in [-0.1, -0.05) is 24.3 Å². The first-order valence-corrected chi connectivity index (χ1v) is 8.68. The number of esters is 1. The second kappa shape index (κ2) is 8.75. The average Bonchev–Trinajstić information content (AvgIpc) is 2.68. The maximum absolute atomic E-state index is 11.7. The Morgan fingerprint density at radius 1 is 1.11 bits per heavy atom. The molecule has 7 nitrogen and oxygen atoms in total. The van der Waals surface area contributed by atoms with E-state index < -0.39 is 0 Å². The predicted molar refractivity (Wildman–Crippen MR) is 104 cm³/mol. The number of rotatable bonds is 7. The number of carbonyl (C=O) groups is 1. The number of aromatic nitrogens is 3. The van der Waals surface area contributed by atoms with E-state index in [1.807, 2.05) is 12.1 Å². The number of hydrogen-bond donors (Lipinski definition) is 2. The first-order valence-electron chi connectivity index (χ1n) is 8.68. The smallest absolute Gasteiger partial charge is 0.338 e. The number of benzene rings is 2. The van der Waals surface area contributed by atoms with E-state index in [0.717, 1.165) is 5.69 Å². The van der Waals surface area contributed by atoms with Gasteiger partial charge in [0.2, 0.25) is 5.95 Å². The van der Waals surface area contributed by atoms with Crippen LogP contribution >= 0.6 is 0 Å². The Kier molecular flexibility index (Phi) is 5.94. The van der Waals surface area contributed by atoms with Crippen LogP contribution in [0.2, 0.25) is 0 Å². The Labute approximate surface area is 157 Å². The number of aryl methyl sites for hydroxylation is 1. The van der Waals surface area contributed by atoms with Crippen molar-refractivity contribution >= 4 is 23.4 Å².